The average molecular weight is 482 g/mol. The van der Waals surface area contributed by atoms with Gasteiger partial charge in [0, 0.05) is 30.6 Å². The highest BCUT2D eigenvalue weighted by Gasteiger charge is 2.42. The number of methoxy groups -OCH3 is 1. The molecule has 2 heterocycles. The topological polar surface area (TPSA) is 124 Å². The van der Waals surface area contributed by atoms with E-state index in [1.54, 1.807) is 37.6 Å². The zero-order valence-corrected chi connectivity index (χ0v) is 19.8. The smallest absolute Gasteiger partial charge is 0.303 e. The number of hydrazone groups is 1. The molecule has 0 radical (unpaired) electrons. The van der Waals surface area contributed by atoms with Crippen molar-refractivity contribution in [3.63, 3.8) is 0 Å². The van der Waals surface area contributed by atoms with Crippen molar-refractivity contribution in [2.75, 3.05) is 40.0 Å². The van der Waals surface area contributed by atoms with Gasteiger partial charge in [0.2, 0.25) is 0 Å². The molecule has 9 nitrogen and oxygen atoms in total. The highest BCUT2D eigenvalue weighted by molar-refractivity contribution is 6.09. The normalized spacial score (nSPS) is 22.0. The van der Waals surface area contributed by atoms with Crippen LogP contribution in [0.3, 0.4) is 0 Å². The number of hydrogen-bond acceptors (Lipinski definition) is 8. The van der Waals surface area contributed by atoms with Crippen LogP contribution in [0.15, 0.2) is 47.6 Å². The highest BCUT2D eigenvalue weighted by atomic mass is 16.5. The van der Waals surface area contributed by atoms with Crippen LogP contribution in [0.2, 0.25) is 0 Å². The molecule has 0 aromatic heterocycles. The van der Waals surface area contributed by atoms with Crippen LogP contribution in [-0.4, -0.2) is 73.8 Å². The summed E-state index contributed by atoms with van der Waals surface area (Å²) in [5.74, 6) is -0.971. The number of nitrogens with zero attached hydrogens (tertiary/aromatic N) is 2. The van der Waals surface area contributed by atoms with Crippen molar-refractivity contribution in [1.29, 1.82) is 0 Å². The van der Waals surface area contributed by atoms with Crippen molar-refractivity contribution in [2.24, 2.45) is 16.8 Å². The number of fused-ring (bicyclic) bond motifs is 1. The van der Waals surface area contributed by atoms with Crippen LogP contribution in [-0.2, 0) is 20.7 Å². The Labute approximate surface area is 204 Å². The summed E-state index contributed by atoms with van der Waals surface area (Å²) < 4.78 is 16.6. The molecule has 2 unspecified atom stereocenters. The molecule has 2 aliphatic heterocycles. The number of carbonyl (C=O) groups excluding carboxylic acids is 1. The van der Waals surface area contributed by atoms with E-state index in [1.165, 1.54) is 0 Å². The maximum absolute atomic E-state index is 13.2. The van der Waals surface area contributed by atoms with Gasteiger partial charge < -0.3 is 19.3 Å². The number of morpholine rings is 1. The molecule has 1 saturated heterocycles. The number of ketones is 1. The molecule has 2 atom stereocenters. The van der Waals surface area contributed by atoms with E-state index in [4.69, 9.17) is 19.9 Å². The number of carboxylic acid groups (broad SMARTS) is 1. The molecule has 186 valence electrons. The van der Waals surface area contributed by atoms with Crippen molar-refractivity contribution >= 4 is 18.0 Å². The first-order chi connectivity index (χ1) is 16.9. The summed E-state index contributed by atoms with van der Waals surface area (Å²) in [4.78, 5) is 24.5. The SMILES string of the molecule is COCCC1(N)Oc2cc(C(=O)c3ccc(C=NN4CCOCC4)cc3)ccc2CC1CC(=O)O. The molecular formula is C26H31N3O6. The third-order valence-electron chi connectivity index (χ3n) is 6.44. The van der Waals surface area contributed by atoms with E-state index >= 15 is 0 Å². The summed E-state index contributed by atoms with van der Waals surface area (Å²) in [5, 5.41) is 15.8. The molecule has 0 spiro atoms. The number of hydrogen-bond donors (Lipinski definition) is 2. The zero-order chi connectivity index (χ0) is 24.8. The molecule has 2 aliphatic rings. The predicted octanol–water partition coefficient (Wildman–Crippen LogP) is 2.30. The number of rotatable bonds is 9. The fourth-order valence-corrected chi connectivity index (χ4v) is 4.36. The molecule has 1 fully saturated rings. The monoisotopic (exact) mass is 481 g/mol. The van der Waals surface area contributed by atoms with Crippen LogP contribution < -0.4 is 10.5 Å². The Morgan fingerprint density at radius 2 is 1.91 bits per heavy atom. The minimum atomic E-state index is -1.19. The first-order valence-electron chi connectivity index (χ1n) is 11.7. The van der Waals surface area contributed by atoms with Crippen LogP contribution in [0.5, 0.6) is 5.75 Å². The van der Waals surface area contributed by atoms with Crippen LogP contribution in [0.25, 0.3) is 0 Å². The Kier molecular flexibility index (Phi) is 7.80. The van der Waals surface area contributed by atoms with Gasteiger partial charge in [-0.15, -0.1) is 0 Å². The lowest BCUT2D eigenvalue weighted by atomic mass is 9.82. The minimum absolute atomic E-state index is 0.110. The van der Waals surface area contributed by atoms with Crippen LogP contribution >= 0.6 is 0 Å². The number of aliphatic carboxylic acids is 1. The van der Waals surface area contributed by atoms with Gasteiger partial charge in [0.05, 0.1) is 45.5 Å². The van der Waals surface area contributed by atoms with Crippen molar-refractivity contribution in [2.45, 2.75) is 25.0 Å². The Morgan fingerprint density at radius 1 is 1.20 bits per heavy atom. The second-order valence-electron chi connectivity index (χ2n) is 8.88. The molecule has 2 aromatic carbocycles. The summed E-state index contributed by atoms with van der Waals surface area (Å²) in [6.07, 6.45) is 2.46. The fourth-order valence-electron chi connectivity index (χ4n) is 4.36. The molecule has 0 aliphatic carbocycles. The van der Waals surface area contributed by atoms with Crippen molar-refractivity contribution in [1.82, 2.24) is 5.01 Å². The average Bonchev–Trinajstić information content (AvgIpc) is 2.87. The van der Waals surface area contributed by atoms with E-state index in [0.29, 0.717) is 49.5 Å². The van der Waals surface area contributed by atoms with E-state index in [1.807, 2.05) is 23.2 Å². The van der Waals surface area contributed by atoms with Gasteiger partial charge in [-0.1, -0.05) is 36.4 Å². The van der Waals surface area contributed by atoms with Gasteiger partial charge in [0.25, 0.3) is 0 Å². The van der Waals surface area contributed by atoms with Crippen LogP contribution in [0.1, 0.15) is 39.9 Å². The van der Waals surface area contributed by atoms with Gasteiger partial charge in [-0.2, -0.15) is 5.10 Å². The van der Waals surface area contributed by atoms with Gasteiger partial charge >= 0.3 is 5.97 Å². The third kappa shape index (κ3) is 6.05. The van der Waals surface area contributed by atoms with E-state index < -0.39 is 17.6 Å². The minimum Gasteiger partial charge on any atom is -0.481 e. The molecule has 9 heteroatoms. The lowest BCUT2D eigenvalue weighted by Gasteiger charge is -2.41. The first-order valence-corrected chi connectivity index (χ1v) is 11.7. The second-order valence-corrected chi connectivity index (χ2v) is 8.88. The maximum Gasteiger partial charge on any atom is 0.303 e. The molecule has 0 amide bonds. The molecule has 0 saturated carbocycles. The molecular weight excluding hydrogens is 450 g/mol. The zero-order valence-electron chi connectivity index (χ0n) is 19.8. The summed E-state index contributed by atoms with van der Waals surface area (Å²) in [5.41, 5.74) is 8.08. The Hall–Kier alpha value is -3.27. The summed E-state index contributed by atoms with van der Waals surface area (Å²) in [6, 6.07) is 12.5. The Balaban J connectivity index is 1.49. The van der Waals surface area contributed by atoms with Gasteiger partial charge in [-0.25, -0.2) is 0 Å². The van der Waals surface area contributed by atoms with Gasteiger partial charge in [0.1, 0.15) is 5.75 Å². The molecule has 0 bridgehead atoms. The largest absolute Gasteiger partial charge is 0.481 e. The molecule has 3 N–H and O–H groups in total. The number of benzene rings is 2. The van der Waals surface area contributed by atoms with E-state index in [9.17, 15) is 14.7 Å². The summed E-state index contributed by atoms with van der Waals surface area (Å²) in [6.45, 7) is 3.21. The third-order valence-corrected chi connectivity index (χ3v) is 6.44. The highest BCUT2D eigenvalue weighted by Crippen LogP contribution is 2.38. The molecule has 4 rings (SSSR count). The number of carboxylic acids is 1. The summed E-state index contributed by atoms with van der Waals surface area (Å²) >= 11 is 0. The lowest BCUT2D eigenvalue weighted by Crippen LogP contribution is -2.56. The van der Waals surface area contributed by atoms with Crippen LogP contribution in [0, 0.1) is 5.92 Å². The van der Waals surface area contributed by atoms with Gasteiger partial charge in [0.15, 0.2) is 11.5 Å². The molecule has 35 heavy (non-hydrogen) atoms. The number of nitrogens with two attached hydrogens (primary N) is 1. The second kappa shape index (κ2) is 11.0. The first kappa shape index (κ1) is 24.8. The van der Waals surface area contributed by atoms with E-state index in [-0.39, 0.29) is 12.2 Å². The number of carbonyl (C=O) groups is 2. The molecule has 2 aromatic rings. The van der Waals surface area contributed by atoms with E-state index in [2.05, 4.69) is 5.10 Å². The summed E-state index contributed by atoms with van der Waals surface area (Å²) in [7, 11) is 1.56. The van der Waals surface area contributed by atoms with Crippen molar-refractivity contribution < 1.29 is 28.9 Å². The Morgan fingerprint density at radius 3 is 2.60 bits per heavy atom. The predicted molar refractivity (Wildman–Crippen MR) is 130 cm³/mol. The van der Waals surface area contributed by atoms with Gasteiger partial charge in [-0.05, 0) is 23.6 Å². The fraction of sp³-hybridized carbons (Fsp3) is 0.423. The standard InChI is InChI=1S/C26H31N3O6/c1-33-11-8-26(27)22(16-24(30)31)14-20-6-7-21(15-23(20)35-26)25(32)19-4-2-18(3-5-19)17-28-29-9-12-34-13-10-29/h2-7,15,17,22H,8-14,16,27H2,1H3,(H,30,31). The van der Waals surface area contributed by atoms with Crippen molar-refractivity contribution in [3.05, 3.63) is 64.7 Å². The van der Waals surface area contributed by atoms with Crippen LogP contribution in [0.4, 0.5) is 0 Å². The lowest BCUT2D eigenvalue weighted by molar-refractivity contribution is -0.141. The quantitative estimate of drug-likeness (QED) is 0.413. The number of ether oxygens (including phenoxy) is 3. The van der Waals surface area contributed by atoms with Crippen molar-refractivity contribution in [3.8, 4) is 5.75 Å². The van der Waals surface area contributed by atoms with Gasteiger partial charge in [-0.3, -0.25) is 20.3 Å². The van der Waals surface area contributed by atoms with E-state index in [0.717, 1.165) is 24.2 Å². The maximum atomic E-state index is 13.2. The Bertz CT molecular complexity index is 1080.